The quantitative estimate of drug-likeness (QED) is 0.416. The molecule has 1 saturated heterocycles. The molecule has 1 aromatic rings. The van der Waals surface area contributed by atoms with E-state index in [1.807, 2.05) is 19.4 Å². The third-order valence-electron chi connectivity index (χ3n) is 4.74. The first-order chi connectivity index (χ1) is 11.0. The van der Waals surface area contributed by atoms with Gasteiger partial charge in [-0.2, -0.15) is 0 Å². The number of likely N-dealkylation sites (tertiary alicyclic amines) is 1. The fraction of sp³-hybridized carbons (Fsp3) is 0.667. The van der Waals surface area contributed by atoms with Crippen LogP contribution in [-0.4, -0.2) is 54.6 Å². The van der Waals surface area contributed by atoms with Gasteiger partial charge in [-0.15, -0.1) is 24.0 Å². The van der Waals surface area contributed by atoms with Crippen LogP contribution in [0.15, 0.2) is 23.5 Å². The minimum absolute atomic E-state index is 0. The fourth-order valence-corrected chi connectivity index (χ4v) is 3.08. The van der Waals surface area contributed by atoms with Gasteiger partial charge in [-0.3, -0.25) is 14.9 Å². The zero-order valence-electron chi connectivity index (χ0n) is 15.5. The Morgan fingerprint density at radius 2 is 2.17 bits per heavy atom. The summed E-state index contributed by atoms with van der Waals surface area (Å²) < 4.78 is 0. The summed E-state index contributed by atoms with van der Waals surface area (Å²) in [6.07, 6.45) is 4.76. The lowest BCUT2D eigenvalue weighted by molar-refractivity contribution is 0.265. The molecule has 24 heavy (non-hydrogen) atoms. The second-order valence-corrected chi connectivity index (χ2v) is 6.83. The third kappa shape index (κ3) is 5.88. The van der Waals surface area contributed by atoms with Crippen LogP contribution in [0, 0.1) is 12.8 Å². The van der Waals surface area contributed by atoms with E-state index >= 15 is 0 Å². The van der Waals surface area contributed by atoms with Crippen molar-refractivity contribution in [3.8, 4) is 0 Å². The number of hydrogen-bond donors (Lipinski definition) is 2. The number of guanidine groups is 1. The number of aromatic nitrogens is 1. The maximum Gasteiger partial charge on any atom is 0.191 e. The lowest BCUT2D eigenvalue weighted by Gasteiger charge is -2.22. The molecule has 2 atom stereocenters. The smallest absolute Gasteiger partial charge is 0.191 e. The highest BCUT2D eigenvalue weighted by Crippen LogP contribution is 2.18. The van der Waals surface area contributed by atoms with Crippen LogP contribution in [0.5, 0.6) is 0 Å². The number of pyridine rings is 1. The van der Waals surface area contributed by atoms with Crippen LogP contribution in [0.4, 0.5) is 0 Å². The van der Waals surface area contributed by atoms with Crippen LogP contribution in [0.25, 0.3) is 0 Å². The Labute approximate surface area is 163 Å². The summed E-state index contributed by atoms with van der Waals surface area (Å²) in [7, 11) is 1.84. The van der Waals surface area contributed by atoms with Crippen molar-refractivity contribution in [3.63, 3.8) is 0 Å². The zero-order valence-corrected chi connectivity index (χ0v) is 17.9. The molecule has 2 N–H and O–H groups in total. The van der Waals surface area contributed by atoms with Crippen LogP contribution < -0.4 is 10.6 Å². The molecule has 0 spiro atoms. The number of halogens is 1. The predicted octanol–water partition coefficient (Wildman–Crippen LogP) is 2.44. The van der Waals surface area contributed by atoms with Gasteiger partial charge in [0, 0.05) is 51.2 Å². The third-order valence-corrected chi connectivity index (χ3v) is 4.74. The number of nitrogens with one attached hydrogen (secondary N) is 2. The van der Waals surface area contributed by atoms with Gasteiger partial charge >= 0.3 is 0 Å². The Balaban J connectivity index is 0.00000288. The Hall–Kier alpha value is -0.890. The predicted molar refractivity (Wildman–Crippen MR) is 112 cm³/mol. The summed E-state index contributed by atoms with van der Waals surface area (Å²) in [5, 5.41) is 7.02. The lowest BCUT2D eigenvalue weighted by atomic mass is 10.1. The second-order valence-electron chi connectivity index (χ2n) is 6.83. The first kappa shape index (κ1) is 21.2. The summed E-state index contributed by atoms with van der Waals surface area (Å²) in [4.78, 5) is 11.0. The Kier molecular flexibility index (Phi) is 8.97. The van der Waals surface area contributed by atoms with E-state index in [0.717, 1.165) is 32.0 Å². The van der Waals surface area contributed by atoms with E-state index in [4.69, 9.17) is 0 Å². The van der Waals surface area contributed by atoms with Gasteiger partial charge in [0.2, 0.25) is 0 Å². The summed E-state index contributed by atoms with van der Waals surface area (Å²) >= 11 is 0. The average Bonchev–Trinajstić information content (AvgIpc) is 2.89. The molecule has 0 saturated carbocycles. The van der Waals surface area contributed by atoms with Crippen molar-refractivity contribution in [2.75, 3.05) is 26.7 Å². The molecule has 1 aliphatic rings. The number of nitrogens with zero attached hydrogens (tertiary/aromatic N) is 3. The van der Waals surface area contributed by atoms with Gasteiger partial charge in [0.05, 0.1) is 0 Å². The van der Waals surface area contributed by atoms with E-state index in [1.54, 1.807) is 0 Å². The molecule has 2 unspecified atom stereocenters. The standard InChI is InChI=1S/C18H31N5.HI/c1-13(2)23-11-15(4)17(12-23)22-18(19-5)21-9-7-16-6-8-20-10-14(16)3;/h6,8,10,13,15,17H,7,9,11-12H2,1-5H3,(H2,19,21,22);1H. The Morgan fingerprint density at radius 3 is 2.75 bits per heavy atom. The summed E-state index contributed by atoms with van der Waals surface area (Å²) in [6.45, 7) is 12.1. The van der Waals surface area contributed by atoms with E-state index in [-0.39, 0.29) is 24.0 Å². The van der Waals surface area contributed by atoms with Crippen molar-refractivity contribution in [2.45, 2.75) is 46.2 Å². The Morgan fingerprint density at radius 1 is 1.42 bits per heavy atom. The first-order valence-corrected chi connectivity index (χ1v) is 8.62. The highest BCUT2D eigenvalue weighted by atomic mass is 127. The van der Waals surface area contributed by atoms with E-state index in [0.29, 0.717) is 18.0 Å². The summed E-state index contributed by atoms with van der Waals surface area (Å²) in [6, 6.07) is 3.16. The molecule has 6 heteroatoms. The van der Waals surface area contributed by atoms with Gasteiger partial charge in [0.25, 0.3) is 0 Å². The number of rotatable bonds is 5. The van der Waals surface area contributed by atoms with E-state index in [2.05, 4.69) is 59.3 Å². The van der Waals surface area contributed by atoms with Crippen LogP contribution in [0.2, 0.25) is 0 Å². The molecule has 136 valence electrons. The molecular weight excluding hydrogens is 413 g/mol. The van der Waals surface area contributed by atoms with Crippen molar-refractivity contribution in [3.05, 3.63) is 29.6 Å². The normalized spacial score (nSPS) is 21.7. The molecule has 0 aliphatic carbocycles. The molecule has 5 nitrogen and oxygen atoms in total. The molecule has 0 amide bonds. The van der Waals surface area contributed by atoms with Crippen molar-refractivity contribution in [1.82, 2.24) is 20.5 Å². The van der Waals surface area contributed by atoms with Gasteiger partial charge in [-0.1, -0.05) is 6.92 Å². The highest BCUT2D eigenvalue weighted by molar-refractivity contribution is 14.0. The molecule has 1 fully saturated rings. The molecule has 0 aromatic carbocycles. The van der Waals surface area contributed by atoms with Crippen LogP contribution in [0.3, 0.4) is 0 Å². The SMILES string of the molecule is CN=C(NCCc1ccncc1C)NC1CN(C(C)C)CC1C.I. The minimum atomic E-state index is 0. The highest BCUT2D eigenvalue weighted by Gasteiger charge is 2.31. The summed E-state index contributed by atoms with van der Waals surface area (Å²) in [5.41, 5.74) is 2.58. The molecule has 2 heterocycles. The molecular formula is C18H32IN5. The maximum atomic E-state index is 4.37. The number of aliphatic imine (C=N–C) groups is 1. The number of hydrogen-bond acceptors (Lipinski definition) is 3. The zero-order chi connectivity index (χ0) is 16.8. The summed E-state index contributed by atoms with van der Waals surface area (Å²) in [5.74, 6) is 1.54. The van der Waals surface area contributed by atoms with Gasteiger partial charge in [0.15, 0.2) is 5.96 Å². The lowest BCUT2D eigenvalue weighted by Crippen LogP contribution is -2.47. The van der Waals surface area contributed by atoms with Gasteiger partial charge in [0.1, 0.15) is 0 Å². The van der Waals surface area contributed by atoms with Gasteiger partial charge in [-0.05, 0) is 50.3 Å². The number of aryl methyl sites for hydroxylation is 1. The average molecular weight is 445 g/mol. The van der Waals surface area contributed by atoms with Crippen LogP contribution >= 0.6 is 24.0 Å². The van der Waals surface area contributed by atoms with E-state index in [9.17, 15) is 0 Å². The van der Waals surface area contributed by atoms with Crippen molar-refractivity contribution in [1.29, 1.82) is 0 Å². The van der Waals surface area contributed by atoms with Gasteiger partial charge < -0.3 is 10.6 Å². The molecule has 1 aromatic heterocycles. The van der Waals surface area contributed by atoms with Crippen molar-refractivity contribution in [2.24, 2.45) is 10.9 Å². The monoisotopic (exact) mass is 445 g/mol. The minimum Gasteiger partial charge on any atom is -0.356 e. The largest absolute Gasteiger partial charge is 0.356 e. The second kappa shape index (κ2) is 10.2. The van der Waals surface area contributed by atoms with Crippen LogP contribution in [0.1, 0.15) is 31.9 Å². The first-order valence-electron chi connectivity index (χ1n) is 8.62. The molecule has 0 radical (unpaired) electrons. The Bertz CT molecular complexity index is 532. The maximum absolute atomic E-state index is 4.37. The van der Waals surface area contributed by atoms with Crippen molar-refractivity contribution < 1.29 is 0 Å². The van der Waals surface area contributed by atoms with E-state index < -0.39 is 0 Å². The topological polar surface area (TPSA) is 52.6 Å². The van der Waals surface area contributed by atoms with E-state index in [1.165, 1.54) is 11.1 Å². The molecule has 2 rings (SSSR count). The van der Waals surface area contributed by atoms with Crippen molar-refractivity contribution >= 4 is 29.9 Å². The molecule has 0 bridgehead atoms. The van der Waals surface area contributed by atoms with Gasteiger partial charge in [-0.25, -0.2) is 0 Å². The fourth-order valence-electron chi connectivity index (χ4n) is 3.08. The van der Waals surface area contributed by atoms with Crippen LogP contribution in [-0.2, 0) is 6.42 Å². The molecule has 1 aliphatic heterocycles.